The average Bonchev–Trinajstić information content (AvgIpc) is 2.90. The number of hydrogen-bond donors (Lipinski definition) is 0. The molecule has 1 spiro atoms. The number of ether oxygens (including phenoxy) is 1. The number of aryl methyl sites for hydroxylation is 1. The smallest absolute Gasteiger partial charge is 0.225 e. The van der Waals surface area contributed by atoms with Crippen molar-refractivity contribution in [2.24, 2.45) is 0 Å². The first-order valence-electron chi connectivity index (χ1n) is 8.36. The summed E-state index contributed by atoms with van der Waals surface area (Å²) < 4.78 is 5.04. The van der Waals surface area contributed by atoms with E-state index in [1.54, 1.807) is 7.11 Å². The van der Waals surface area contributed by atoms with E-state index in [0.717, 1.165) is 44.7 Å². The van der Waals surface area contributed by atoms with E-state index < -0.39 is 0 Å². The molecule has 126 valence electrons. The third kappa shape index (κ3) is 3.04. The first-order valence-corrected chi connectivity index (χ1v) is 8.36. The Morgan fingerprint density at radius 2 is 2.26 bits per heavy atom. The third-order valence-corrected chi connectivity index (χ3v) is 5.08. The highest BCUT2D eigenvalue weighted by molar-refractivity contribution is 5.76. The molecule has 1 fully saturated rings. The number of anilines is 1. The van der Waals surface area contributed by atoms with Crippen LogP contribution in [0.2, 0.25) is 0 Å². The minimum Gasteiger partial charge on any atom is -0.384 e. The number of likely N-dealkylation sites (tertiary alicyclic amines) is 1. The Balaban J connectivity index is 1.83. The number of carbonyl (C=O) groups excluding carboxylic acids is 1. The number of methoxy groups -OCH3 is 1. The van der Waals surface area contributed by atoms with Gasteiger partial charge in [-0.2, -0.15) is 0 Å². The molecule has 0 bridgehead atoms. The fourth-order valence-electron chi connectivity index (χ4n) is 3.84. The first kappa shape index (κ1) is 16.2. The van der Waals surface area contributed by atoms with E-state index in [9.17, 15) is 4.79 Å². The van der Waals surface area contributed by atoms with Gasteiger partial charge in [0.05, 0.1) is 18.7 Å². The SMILES string of the molecule is COCCC(=O)N1CCCC2(CCc3cnc(N(C)C)nc32)C1. The maximum Gasteiger partial charge on any atom is 0.225 e. The second kappa shape index (κ2) is 6.43. The summed E-state index contributed by atoms with van der Waals surface area (Å²) in [6.07, 6.45) is 6.67. The summed E-state index contributed by atoms with van der Waals surface area (Å²) in [5.41, 5.74) is 2.44. The van der Waals surface area contributed by atoms with Crippen molar-refractivity contribution in [2.45, 2.75) is 37.5 Å². The standard InChI is InChI=1S/C17H26N4O2/c1-20(2)16-18-11-13-5-8-17(15(13)19-16)7-4-9-21(12-17)14(22)6-10-23-3/h11H,4-10,12H2,1-3H3. The van der Waals surface area contributed by atoms with Gasteiger partial charge >= 0.3 is 0 Å². The second-order valence-corrected chi connectivity index (χ2v) is 6.88. The second-order valence-electron chi connectivity index (χ2n) is 6.88. The number of carbonyl (C=O) groups is 1. The van der Waals surface area contributed by atoms with E-state index >= 15 is 0 Å². The van der Waals surface area contributed by atoms with Gasteiger partial charge in [-0.15, -0.1) is 0 Å². The van der Waals surface area contributed by atoms with Crippen LogP contribution in [0, 0.1) is 0 Å². The van der Waals surface area contributed by atoms with E-state index in [1.165, 1.54) is 11.3 Å². The molecular formula is C17H26N4O2. The summed E-state index contributed by atoms with van der Waals surface area (Å²) in [4.78, 5) is 25.6. The Morgan fingerprint density at radius 3 is 3.00 bits per heavy atom. The van der Waals surface area contributed by atoms with Crippen molar-refractivity contribution in [2.75, 3.05) is 45.8 Å². The normalized spacial score (nSPS) is 23.2. The molecule has 2 aliphatic rings. The van der Waals surface area contributed by atoms with Crippen molar-refractivity contribution in [3.8, 4) is 0 Å². The third-order valence-electron chi connectivity index (χ3n) is 5.08. The van der Waals surface area contributed by atoms with Crippen LogP contribution in [-0.2, 0) is 21.4 Å². The lowest BCUT2D eigenvalue weighted by atomic mass is 9.77. The lowest BCUT2D eigenvalue weighted by Gasteiger charge is -2.40. The van der Waals surface area contributed by atoms with Gasteiger partial charge in [-0.3, -0.25) is 4.79 Å². The highest BCUT2D eigenvalue weighted by atomic mass is 16.5. The molecule has 23 heavy (non-hydrogen) atoms. The Morgan fingerprint density at radius 1 is 1.43 bits per heavy atom. The number of hydrogen-bond acceptors (Lipinski definition) is 5. The molecule has 0 radical (unpaired) electrons. The number of amides is 1. The lowest BCUT2D eigenvalue weighted by Crippen LogP contribution is -2.48. The molecule has 1 aliphatic carbocycles. The van der Waals surface area contributed by atoms with E-state index in [1.807, 2.05) is 30.1 Å². The largest absolute Gasteiger partial charge is 0.384 e. The Labute approximate surface area is 137 Å². The molecule has 0 aromatic carbocycles. The van der Waals surface area contributed by atoms with Crippen molar-refractivity contribution in [1.29, 1.82) is 0 Å². The maximum atomic E-state index is 12.4. The van der Waals surface area contributed by atoms with Crippen LogP contribution in [0.15, 0.2) is 6.20 Å². The first-order chi connectivity index (χ1) is 11.1. The molecule has 0 saturated carbocycles. The van der Waals surface area contributed by atoms with Crippen molar-refractivity contribution in [1.82, 2.24) is 14.9 Å². The van der Waals surface area contributed by atoms with Crippen molar-refractivity contribution >= 4 is 11.9 Å². The zero-order valence-corrected chi connectivity index (χ0v) is 14.3. The van der Waals surface area contributed by atoms with Gasteiger partial charge in [0.2, 0.25) is 11.9 Å². The molecule has 1 unspecified atom stereocenters. The van der Waals surface area contributed by atoms with Gasteiger partial charge in [-0.1, -0.05) is 0 Å². The van der Waals surface area contributed by atoms with E-state index in [2.05, 4.69) is 4.98 Å². The zero-order valence-electron chi connectivity index (χ0n) is 14.3. The van der Waals surface area contributed by atoms with Crippen LogP contribution < -0.4 is 4.90 Å². The molecule has 6 heteroatoms. The van der Waals surface area contributed by atoms with E-state index in [-0.39, 0.29) is 11.3 Å². The van der Waals surface area contributed by atoms with Crippen LogP contribution in [0.1, 0.15) is 36.9 Å². The molecule has 1 atom stereocenters. The number of rotatable bonds is 4. The van der Waals surface area contributed by atoms with Gasteiger partial charge in [-0.05, 0) is 31.2 Å². The van der Waals surface area contributed by atoms with Crippen LogP contribution in [0.5, 0.6) is 0 Å². The summed E-state index contributed by atoms with van der Waals surface area (Å²) in [5, 5.41) is 0. The molecule has 1 aromatic rings. The highest BCUT2D eigenvalue weighted by Crippen LogP contribution is 2.44. The van der Waals surface area contributed by atoms with Gasteiger partial charge in [0.25, 0.3) is 0 Å². The van der Waals surface area contributed by atoms with E-state index in [0.29, 0.717) is 13.0 Å². The zero-order chi connectivity index (χ0) is 16.4. The highest BCUT2D eigenvalue weighted by Gasteiger charge is 2.44. The fraction of sp³-hybridized carbons (Fsp3) is 0.706. The maximum absolute atomic E-state index is 12.4. The minimum absolute atomic E-state index is 0.0179. The Bertz CT molecular complexity index is 586. The Hall–Kier alpha value is -1.69. The molecule has 1 saturated heterocycles. The van der Waals surface area contributed by atoms with Crippen molar-refractivity contribution in [3.63, 3.8) is 0 Å². The lowest BCUT2D eigenvalue weighted by molar-refractivity contribution is -0.134. The number of fused-ring (bicyclic) bond motifs is 2. The van der Waals surface area contributed by atoms with Crippen LogP contribution in [-0.4, -0.2) is 61.7 Å². The predicted molar refractivity (Wildman–Crippen MR) is 88.7 cm³/mol. The van der Waals surface area contributed by atoms with Crippen LogP contribution in [0.25, 0.3) is 0 Å². The Kier molecular flexibility index (Phi) is 4.53. The van der Waals surface area contributed by atoms with Gasteiger partial charge in [0.15, 0.2) is 0 Å². The molecule has 2 heterocycles. The van der Waals surface area contributed by atoms with Gasteiger partial charge in [0, 0.05) is 45.9 Å². The molecule has 1 aliphatic heterocycles. The van der Waals surface area contributed by atoms with Gasteiger partial charge < -0.3 is 14.5 Å². The summed E-state index contributed by atoms with van der Waals surface area (Å²) in [6.45, 7) is 2.13. The van der Waals surface area contributed by atoms with Crippen LogP contribution >= 0.6 is 0 Å². The monoisotopic (exact) mass is 318 g/mol. The number of piperidine rings is 1. The molecule has 3 rings (SSSR count). The molecule has 1 aromatic heterocycles. The van der Waals surface area contributed by atoms with E-state index in [4.69, 9.17) is 9.72 Å². The molecule has 6 nitrogen and oxygen atoms in total. The van der Waals surface area contributed by atoms with Crippen molar-refractivity contribution in [3.05, 3.63) is 17.5 Å². The summed E-state index contributed by atoms with van der Waals surface area (Å²) in [7, 11) is 5.56. The van der Waals surface area contributed by atoms with Gasteiger partial charge in [0.1, 0.15) is 0 Å². The summed E-state index contributed by atoms with van der Waals surface area (Å²) in [6, 6.07) is 0. The topological polar surface area (TPSA) is 58.6 Å². The molecule has 0 N–H and O–H groups in total. The molecular weight excluding hydrogens is 292 g/mol. The average molecular weight is 318 g/mol. The summed E-state index contributed by atoms with van der Waals surface area (Å²) in [5.74, 6) is 0.953. The number of nitrogens with zero attached hydrogens (tertiary/aromatic N) is 4. The fourth-order valence-corrected chi connectivity index (χ4v) is 3.84. The predicted octanol–water partition coefficient (Wildman–Crippen LogP) is 1.39. The summed E-state index contributed by atoms with van der Waals surface area (Å²) >= 11 is 0. The minimum atomic E-state index is 0.0179. The van der Waals surface area contributed by atoms with Gasteiger partial charge in [-0.25, -0.2) is 9.97 Å². The van der Waals surface area contributed by atoms with Crippen LogP contribution in [0.3, 0.4) is 0 Å². The quantitative estimate of drug-likeness (QED) is 0.839. The van der Waals surface area contributed by atoms with Crippen molar-refractivity contribution < 1.29 is 9.53 Å². The number of aromatic nitrogens is 2. The molecule has 1 amide bonds. The van der Waals surface area contributed by atoms with Crippen LogP contribution in [0.4, 0.5) is 5.95 Å².